The molecule has 20 rings (SSSR count). The summed E-state index contributed by atoms with van der Waals surface area (Å²) in [6.07, 6.45) is 15.1. The lowest BCUT2D eigenvalue weighted by molar-refractivity contribution is 0.651. The van der Waals surface area contributed by atoms with Gasteiger partial charge in [-0.25, -0.2) is 4.98 Å². The van der Waals surface area contributed by atoms with E-state index in [0.717, 1.165) is 160 Å². The quantitative estimate of drug-likeness (QED) is 0.129. The normalized spacial score (nSPS) is 11.7. The molecule has 0 aliphatic heterocycles. The molecular formula is C104H94N6O5. The smallest absolute Gasteiger partial charge is 0.227 e. The summed E-state index contributed by atoms with van der Waals surface area (Å²) in [5.74, 6) is 2.00. The largest absolute Gasteiger partial charge is 0.455 e. The van der Waals surface area contributed by atoms with Gasteiger partial charge in [0.05, 0.1) is 11.4 Å². The fourth-order valence-electron chi connectivity index (χ4n) is 15.3. The number of hydrogen-bond donors (Lipinski definition) is 0. The summed E-state index contributed by atoms with van der Waals surface area (Å²) in [5, 5.41) is 10.1. The third kappa shape index (κ3) is 15.1. The van der Waals surface area contributed by atoms with E-state index < -0.39 is 0 Å². The van der Waals surface area contributed by atoms with Gasteiger partial charge in [-0.1, -0.05) is 280 Å². The number of fused-ring (bicyclic) bond motifs is 15. The van der Waals surface area contributed by atoms with E-state index in [-0.39, 0.29) is 0 Å². The van der Waals surface area contributed by atoms with Crippen LogP contribution < -0.4 is 0 Å². The van der Waals surface area contributed by atoms with Gasteiger partial charge in [0.1, 0.15) is 44.6 Å². The summed E-state index contributed by atoms with van der Waals surface area (Å²) in [5.41, 5.74) is 33.0. The van der Waals surface area contributed by atoms with Crippen molar-refractivity contribution in [2.45, 2.75) is 133 Å². The van der Waals surface area contributed by atoms with Gasteiger partial charge in [0, 0.05) is 131 Å². The third-order valence-corrected chi connectivity index (χ3v) is 21.8. The van der Waals surface area contributed by atoms with Crippen molar-refractivity contribution in [3.8, 4) is 55.8 Å². The molecule has 0 fully saturated rings. The fourth-order valence-corrected chi connectivity index (χ4v) is 15.3. The van der Waals surface area contributed by atoms with Crippen LogP contribution in [0.15, 0.2) is 290 Å². The average molecular weight is 1510 g/mol. The molecule has 0 aliphatic carbocycles. The summed E-state index contributed by atoms with van der Waals surface area (Å²) >= 11 is 0. The summed E-state index contributed by atoms with van der Waals surface area (Å²) in [6, 6.07) is 76.2. The third-order valence-electron chi connectivity index (χ3n) is 21.8. The zero-order valence-corrected chi connectivity index (χ0v) is 68.0. The van der Waals surface area contributed by atoms with Crippen LogP contribution in [0.2, 0.25) is 0 Å². The van der Waals surface area contributed by atoms with E-state index >= 15 is 0 Å². The van der Waals surface area contributed by atoms with Gasteiger partial charge >= 0.3 is 0 Å². The molecule has 115 heavy (non-hydrogen) atoms. The SMILES string of the molecule is Cc1ccc(-c2cccc3c2oc2c(C(C)C)cncc23)cc1.Cc1ccc(-c2cccc3c2oc2c(C(C)C)nccc23)cc1.Cc1ccc(-c2cccc3c2oc2ncc(C(C)C)cc23)cc1.Cc1ccc(-c2ccnc3c2oc2c(C(C)C)cccc23)nc1.Cc1ccc(-c2cncc3c2oc2c(C(C)C)cccc23)cc1. The maximum Gasteiger partial charge on any atom is 0.227 e. The van der Waals surface area contributed by atoms with E-state index in [1.54, 1.807) is 0 Å². The zero-order chi connectivity index (χ0) is 79.9. The van der Waals surface area contributed by atoms with Crippen molar-refractivity contribution < 1.29 is 22.1 Å². The van der Waals surface area contributed by atoms with Gasteiger partial charge in [-0.05, 0) is 139 Å². The molecule has 0 saturated heterocycles. The summed E-state index contributed by atoms with van der Waals surface area (Å²) in [4.78, 5) is 27.0. The molecule has 0 saturated carbocycles. The first-order valence-corrected chi connectivity index (χ1v) is 39.9. The molecule has 11 heteroatoms. The molecule has 0 radical (unpaired) electrons. The maximum absolute atomic E-state index is 6.32. The maximum atomic E-state index is 6.32. The highest BCUT2D eigenvalue weighted by molar-refractivity contribution is 6.14. The molecule has 11 heterocycles. The molecule has 0 spiro atoms. The van der Waals surface area contributed by atoms with Crippen molar-refractivity contribution in [3.05, 3.63) is 324 Å². The molecule has 0 aliphatic rings. The first-order valence-electron chi connectivity index (χ1n) is 39.9. The van der Waals surface area contributed by atoms with Crippen molar-refractivity contribution in [3.63, 3.8) is 0 Å². The minimum atomic E-state index is 0.335. The van der Waals surface area contributed by atoms with Crippen LogP contribution in [0.25, 0.3) is 166 Å². The van der Waals surface area contributed by atoms with Gasteiger partial charge in [-0.15, -0.1) is 0 Å². The van der Waals surface area contributed by atoms with Crippen LogP contribution in [0.5, 0.6) is 0 Å². The Balaban J connectivity index is 0.000000108. The molecule has 0 bridgehead atoms. The standard InChI is InChI=1S/4C21H19NO.C20H18N2O/c1-13(2)16-11-19-18-6-4-5-17(15-9-7-14(3)8-10-15)20(18)23-21(19)22-12-16;1-13(2)18-11-22-12-19-17-6-4-5-16(20(17)23-21(18)19)15-9-7-14(3)8-10-15;1-13(2)16-5-4-6-17-19-12-22-11-18(21(19)23-20(16)17)15-9-7-14(3)8-10-15;1-13(2)19-21-18(11-12-22-19)17-6-4-5-16(20(17)23-21)15-9-7-14(3)8-10-15;1-12(2)14-5-4-6-16-18-20(23-19(14)16)15(9-10-21-18)17-8-7-13(3)11-22-17/h4*4-13H,1-3H3;4-12H,1-3H3. The zero-order valence-electron chi connectivity index (χ0n) is 68.0. The number of benzene rings is 9. The molecular weight excluding hydrogens is 1410 g/mol. The van der Waals surface area contributed by atoms with E-state index in [2.05, 4.69) is 327 Å². The highest BCUT2D eigenvalue weighted by Gasteiger charge is 2.23. The average Bonchev–Trinajstić information content (AvgIpc) is 1.64. The number of pyridine rings is 6. The van der Waals surface area contributed by atoms with Crippen molar-refractivity contribution >= 4 is 110 Å². The number of para-hydroxylation sites is 5. The highest BCUT2D eigenvalue weighted by atomic mass is 16.3. The Morgan fingerprint density at radius 3 is 1.17 bits per heavy atom. The van der Waals surface area contributed by atoms with Gasteiger partial charge in [-0.3, -0.25) is 24.9 Å². The van der Waals surface area contributed by atoms with Gasteiger partial charge < -0.3 is 22.1 Å². The van der Waals surface area contributed by atoms with Crippen molar-refractivity contribution in [2.24, 2.45) is 0 Å². The van der Waals surface area contributed by atoms with E-state index in [1.807, 2.05) is 74.7 Å². The summed E-state index contributed by atoms with van der Waals surface area (Å²) in [7, 11) is 0. The van der Waals surface area contributed by atoms with Gasteiger partial charge in [0.25, 0.3) is 0 Å². The molecule has 0 atom stereocenters. The number of aromatic nitrogens is 6. The van der Waals surface area contributed by atoms with E-state index in [0.29, 0.717) is 35.3 Å². The topological polar surface area (TPSA) is 143 Å². The van der Waals surface area contributed by atoms with Crippen LogP contribution in [-0.4, -0.2) is 29.9 Å². The number of rotatable bonds is 10. The second-order valence-electron chi connectivity index (χ2n) is 31.9. The minimum absolute atomic E-state index is 0.335. The van der Waals surface area contributed by atoms with Gasteiger partial charge in [0.2, 0.25) is 5.71 Å². The predicted molar refractivity (Wildman–Crippen MR) is 477 cm³/mol. The molecule has 0 N–H and O–H groups in total. The Labute approximate surface area is 670 Å². The number of furan rings is 5. The van der Waals surface area contributed by atoms with Crippen LogP contribution in [0.3, 0.4) is 0 Å². The first kappa shape index (κ1) is 75.9. The van der Waals surface area contributed by atoms with Crippen molar-refractivity contribution in [1.82, 2.24) is 29.9 Å². The summed E-state index contributed by atoms with van der Waals surface area (Å²) in [6.45, 7) is 32.2. The molecule has 0 amide bonds. The lowest BCUT2D eigenvalue weighted by Crippen LogP contribution is -1.91. The Bertz CT molecular complexity index is 6220. The van der Waals surface area contributed by atoms with Gasteiger partial charge in [-0.2, -0.15) is 0 Å². The number of aryl methyl sites for hydroxylation is 5. The van der Waals surface area contributed by atoms with Crippen LogP contribution in [0.1, 0.15) is 155 Å². The highest BCUT2D eigenvalue weighted by Crippen LogP contribution is 2.44. The minimum Gasteiger partial charge on any atom is -0.455 e. The Kier molecular flexibility index (Phi) is 21.2. The monoisotopic (exact) mass is 1510 g/mol. The molecule has 11 aromatic heterocycles. The number of nitrogens with zero attached hydrogens (tertiary/aromatic N) is 6. The Morgan fingerprint density at radius 2 is 0.652 bits per heavy atom. The summed E-state index contributed by atoms with van der Waals surface area (Å²) < 4.78 is 31.3. The van der Waals surface area contributed by atoms with E-state index in [4.69, 9.17) is 22.1 Å². The van der Waals surface area contributed by atoms with E-state index in [1.165, 1.54) is 55.6 Å². The van der Waals surface area contributed by atoms with E-state index in [9.17, 15) is 0 Å². The Morgan fingerprint density at radius 1 is 0.243 bits per heavy atom. The van der Waals surface area contributed by atoms with Crippen LogP contribution in [-0.2, 0) is 0 Å². The second kappa shape index (κ2) is 32.2. The lowest BCUT2D eigenvalue weighted by atomic mass is 10.00. The molecule has 570 valence electrons. The Hall–Kier alpha value is -13.1. The van der Waals surface area contributed by atoms with Crippen LogP contribution >= 0.6 is 0 Å². The van der Waals surface area contributed by atoms with Crippen molar-refractivity contribution in [1.29, 1.82) is 0 Å². The van der Waals surface area contributed by atoms with Crippen LogP contribution in [0.4, 0.5) is 0 Å². The van der Waals surface area contributed by atoms with Gasteiger partial charge in [0.15, 0.2) is 11.2 Å². The fraction of sp³-hybridized carbons (Fsp3) is 0.192. The lowest BCUT2D eigenvalue weighted by Gasteiger charge is -2.04. The molecule has 9 aromatic carbocycles. The van der Waals surface area contributed by atoms with Crippen LogP contribution in [0, 0.1) is 34.6 Å². The molecule has 20 aromatic rings. The molecule has 0 unspecified atom stereocenters. The first-order chi connectivity index (χ1) is 55.7. The molecule has 11 nitrogen and oxygen atoms in total. The number of hydrogen-bond acceptors (Lipinski definition) is 11. The predicted octanol–water partition coefficient (Wildman–Crippen LogP) is 29.8. The second-order valence-corrected chi connectivity index (χ2v) is 31.9. The van der Waals surface area contributed by atoms with Crippen molar-refractivity contribution in [2.75, 3.05) is 0 Å².